The smallest absolute Gasteiger partial charge is 0.231 e. The van der Waals surface area contributed by atoms with Crippen LogP contribution in [0.3, 0.4) is 0 Å². The van der Waals surface area contributed by atoms with Gasteiger partial charge in [0.05, 0.1) is 17.8 Å². The highest BCUT2D eigenvalue weighted by atomic mass is 32.1. The molecule has 35 heavy (non-hydrogen) atoms. The first-order valence-electron chi connectivity index (χ1n) is 11.6. The first-order chi connectivity index (χ1) is 17.1. The van der Waals surface area contributed by atoms with Gasteiger partial charge in [0.25, 0.3) is 0 Å². The van der Waals surface area contributed by atoms with Crippen molar-refractivity contribution >= 4 is 23.0 Å². The van der Waals surface area contributed by atoms with Gasteiger partial charge in [0.15, 0.2) is 16.6 Å². The monoisotopic (exact) mass is 483 g/mol. The molecule has 1 saturated heterocycles. The van der Waals surface area contributed by atoms with Gasteiger partial charge in [-0.3, -0.25) is 9.97 Å². The molecule has 0 radical (unpaired) electrons. The molecule has 0 amide bonds. The number of fused-ring (bicyclic) bond motifs is 1. The van der Waals surface area contributed by atoms with Gasteiger partial charge in [0.2, 0.25) is 6.79 Å². The molecule has 0 aliphatic carbocycles. The van der Waals surface area contributed by atoms with Crippen LogP contribution in [0.4, 0.5) is 5.69 Å². The van der Waals surface area contributed by atoms with E-state index in [-0.39, 0.29) is 18.9 Å². The van der Waals surface area contributed by atoms with Crippen LogP contribution in [0.2, 0.25) is 0 Å². The fourth-order valence-electron chi connectivity index (χ4n) is 5.03. The number of anilines is 1. The minimum Gasteiger partial charge on any atom is -0.454 e. The second-order valence-electron chi connectivity index (χ2n) is 8.81. The van der Waals surface area contributed by atoms with E-state index in [2.05, 4.69) is 50.7 Å². The summed E-state index contributed by atoms with van der Waals surface area (Å²) in [5.74, 6) is 1.48. The summed E-state index contributed by atoms with van der Waals surface area (Å²) in [4.78, 5) is 11.1. The number of pyridine rings is 2. The van der Waals surface area contributed by atoms with Crippen LogP contribution in [0.25, 0.3) is 0 Å². The molecule has 176 valence electrons. The molecule has 0 spiro atoms. The largest absolute Gasteiger partial charge is 0.454 e. The van der Waals surface area contributed by atoms with Crippen LogP contribution < -0.4 is 19.7 Å². The third-order valence-electron chi connectivity index (χ3n) is 6.73. The average Bonchev–Trinajstić information content (AvgIpc) is 3.56. The molecule has 1 N–H and O–H groups in total. The number of hydrogen-bond acceptors (Lipinski definition) is 5. The summed E-state index contributed by atoms with van der Waals surface area (Å²) in [6.45, 7) is 5.31. The van der Waals surface area contributed by atoms with Crippen LogP contribution in [0, 0.1) is 13.8 Å². The highest BCUT2D eigenvalue weighted by Crippen LogP contribution is 2.45. The summed E-state index contributed by atoms with van der Waals surface area (Å²) < 4.78 is 13.5. The van der Waals surface area contributed by atoms with Crippen molar-refractivity contribution in [3.63, 3.8) is 0 Å². The maximum absolute atomic E-state index is 5.89. The van der Waals surface area contributed by atoms with Crippen molar-refractivity contribution in [1.29, 1.82) is 0 Å². The van der Waals surface area contributed by atoms with Gasteiger partial charge in [-0.15, -0.1) is 0 Å². The van der Waals surface area contributed by atoms with Crippen molar-refractivity contribution in [2.75, 3.05) is 11.7 Å². The Balaban J connectivity index is 1.46. The van der Waals surface area contributed by atoms with Crippen LogP contribution >= 0.6 is 12.2 Å². The Morgan fingerprint density at radius 3 is 2.71 bits per heavy atom. The number of nitrogens with zero attached hydrogens (tertiary/aromatic N) is 4. The molecule has 2 unspecified atom stereocenters. The van der Waals surface area contributed by atoms with E-state index in [1.807, 2.05) is 54.9 Å². The standard InChI is InChI=1S/C27H25N5O2S/c1-17-12-21(18(2)31(17)15-19-6-5-10-28-14-19)26-25(22-7-3-4-11-29-22)30-27(35)32(26)20-8-9-23-24(13-20)34-16-33-23/h3-14,25-26H,15-16H2,1-2H3,(H,30,35). The van der Waals surface area contributed by atoms with Gasteiger partial charge < -0.3 is 24.3 Å². The van der Waals surface area contributed by atoms with Gasteiger partial charge in [-0.05, 0) is 73.6 Å². The molecule has 0 bridgehead atoms. The molecule has 1 aromatic carbocycles. The number of hydrogen-bond donors (Lipinski definition) is 1. The van der Waals surface area contributed by atoms with Crippen LogP contribution in [0.5, 0.6) is 11.5 Å². The molecule has 6 rings (SSSR count). The van der Waals surface area contributed by atoms with Gasteiger partial charge in [-0.2, -0.15) is 0 Å². The van der Waals surface area contributed by atoms with Crippen LogP contribution in [-0.4, -0.2) is 26.4 Å². The van der Waals surface area contributed by atoms with Crippen molar-refractivity contribution in [2.24, 2.45) is 0 Å². The zero-order chi connectivity index (χ0) is 23.9. The fourth-order valence-corrected chi connectivity index (χ4v) is 5.37. The summed E-state index contributed by atoms with van der Waals surface area (Å²) in [5, 5.41) is 4.20. The van der Waals surface area contributed by atoms with E-state index in [1.54, 1.807) is 6.20 Å². The Hall–Kier alpha value is -3.91. The van der Waals surface area contributed by atoms with Crippen molar-refractivity contribution in [3.05, 3.63) is 101 Å². The Morgan fingerprint density at radius 1 is 1.03 bits per heavy atom. The number of ether oxygens (including phenoxy) is 2. The van der Waals surface area contributed by atoms with Gasteiger partial charge in [-0.1, -0.05) is 12.1 Å². The molecule has 5 heterocycles. The third kappa shape index (κ3) is 3.80. The lowest BCUT2D eigenvalue weighted by Gasteiger charge is -2.28. The van der Waals surface area contributed by atoms with E-state index >= 15 is 0 Å². The normalized spacial score (nSPS) is 18.7. The molecule has 3 aromatic heterocycles. The minimum atomic E-state index is -0.110. The summed E-state index contributed by atoms with van der Waals surface area (Å²) in [7, 11) is 0. The Kier molecular flexibility index (Phi) is 5.37. The highest BCUT2D eigenvalue weighted by Gasteiger charge is 2.42. The lowest BCUT2D eigenvalue weighted by atomic mass is 9.96. The maximum Gasteiger partial charge on any atom is 0.231 e. The van der Waals surface area contributed by atoms with E-state index in [4.69, 9.17) is 21.7 Å². The van der Waals surface area contributed by atoms with Crippen LogP contribution in [0.1, 0.15) is 40.3 Å². The molecule has 0 saturated carbocycles. The first-order valence-corrected chi connectivity index (χ1v) is 12.0. The van der Waals surface area contributed by atoms with Crippen molar-refractivity contribution in [1.82, 2.24) is 19.9 Å². The Morgan fingerprint density at radius 2 is 1.91 bits per heavy atom. The van der Waals surface area contributed by atoms with E-state index < -0.39 is 0 Å². The number of aryl methyl sites for hydroxylation is 1. The molecule has 8 heteroatoms. The minimum absolute atomic E-state index is 0.0911. The molecule has 2 atom stereocenters. The lowest BCUT2D eigenvalue weighted by molar-refractivity contribution is 0.174. The van der Waals surface area contributed by atoms with Gasteiger partial charge in [-0.25, -0.2) is 0 Å². The SMILES string of the molecule is Cc1cc(C2C(c3ccccn3)NC(=S)N2c2ccc3c(c2)OCO3)c(C)n1Cc1cccnc1. The van der Waals surface area contributed by atoms with E-state index in [0.29, 0.717) is 5.11 Å². The molecule has 7 nitrogen and oxygen atoms in total. The molecule has 2 aliphatic rings. The second kappa shape index (κ2) is 8.70. The topological polar surface area (TPSA) is 64.4 Å². The molecular formula is C27H25N5O2S. The Labute approximate surface area is 209 Å². The van der Waals surface area contributed by atoms with Crippen LogP contribution in [-0.2, 0) is 6.54 Å². The van der Waals surface area contributed by atoms with Gasteiger partial charge in [0, 0.05) is 48.3 Å². The van der Waals surface area contributed by atoms with E-state index in [1.165, 1.54) is 17.0 Å². The summed E-state index contributed by atoms with van der Waals surface area (Å²) in [5.41, 5.74) is 6.63. The lowest BCUT2D eigenvalue weighted by Crippen LogP contribution is -2.29. The van der Waals surface area contributed by atoms with E-state index in [0.717, 1.165) is 35.0 Å². The van der Waals surface area contributed by atoms with Crippen molar-refractivity contribution < 1.29 is 9.47 Å². The zero-order valence-electron chi connectivity index (χ0n) is 19.5. The quantitative estimate of drug-likeness (QED) is 0.407. The van der Waals surface area contributed by atoms with Gasteiger partial charge >= 0.3 is 0 Å². The van der Waals surface area contributed by atoms with Crippen molar-refractivity contribution in [2.45, 2.75) is 32.5 Å². The third-order valence-corrected chi connectivity index (χ3v) is 7.04. The van der Waals surface area contributed by atoms with Crippen LogP contribution in [0.15, 0.2) is 73.2 Å². The van der Waals surface area contributed by atoms with Crippen molar-refractivity contribution in [3.8, 4) is 11.5 Å². The number of rotatable bonds is 5. The first kappa shape index (κ1) is 21.6. The molecule has 4 aromatic rings. The fraction of sp³-hybridized carbons (Fsp3) is 0.222. The summed E-state index contributed by atoms with van der Waals surface area (Å²) in [6.07, 6.45) is 5.54. The van der Waals surface area contributed by atoms with E-state index in [9.17, 15) is 0 Å². The number of nitrogens with one attached hydrogen (secondary N) is 1. The predicted octanol–water partition coefficient (Wildman–Crippen LogP) is 4.85. The number of benzene rings is 1. The van der Waals surface area contributed by atoms with Gasteiger partial charge in [0.1, 0.15) is 0 Å². The molecule has 1 fully saturated rings. The second-order valence-corrected chi connectivity index (χ2v) is 9.19. The summed E-state index contributed by atoms with van der Waals surface area (Å²) in [6, 6.07) is 18.1. The average molecular weight is 484 g/mol. The highest BCUT2D eigenvalue weighted by molar-refractivity contribution is 7.80. The predicted molar refractivity (Wildman–Crippen MR) is 138 cm³/mol. The summed E-state index contributed by atoms with van der Waals surface area (Å²) >= 11 is 5.89. The number of thiocarbonyl (C=S) groups is 1. The number of aromatic nitrogens is 3. The molecular weight excluding hydrogens is 458 g/mol. The Bertz CT molecular complexity index is 1390. The molecule has 2 aliphatic heterocycles. The zero-order valence-corrected chi connectivity index (χ0v) is 20.3. The maximum atomic E-state index is 5.89.